The molecule has 34 heavy (non-hydrogen) atoms. The molecule has 0 unspecified atom stereocenters. The number of hydrogen-bond donors (Lipinski definition) is 2. The molecule has 6 nitrogen and oxygen atoms in total. The van der Waals surface area contributed by atoms with Gasteiger partial charge < -0.3 is 20.3 Å². The van der Waals surface area contributed by atoms with Gasteiger partial charge in [-0.15, -0.1) is 0 Å². The summed E-state index contributed by atoms with van der Waals surface area (Å²) in [7, 11) is 0. The predicted molar refractivity (Wildman–Crippen MR) is 136 cm³/mol. The summed E-state index contributed by atoms with van der Waals surface area (Å²) in [6.45, 7) is 2.32. The Kier molecular flexibility index (Phi) is 8.69. The molecule has 0 radical (unpaired) electrons. The number of hydrogen-bond acceptors (Lipinski definition) is 4. The number of anilines is 1. The molecule has 0 aromatic heterocycles. The lowest BCUT2D eigenvalue weighted by molar-refractivity contribution is -0.123. The number of ether oxygens (including phenoxy) is 1. The number of amides is 2. The van der Waals surface area contributed by atoms with Crippen molar-refractivity contribution in [2.24, 2.45) is 5.92 Å². The fourth-order valence-electron chi connectivity index (χ4n) is 4.88. The summed E-state index contributed by atoms with van der Waals surface area (Å²) >= 11 is 5.87. The lowest BCUT2D eigenvalue weighted by Gasteiger charge is -2.35. The normalized spacial score (nSPS) is 17.3. The van der Waals surface area contributed by atoms with Crippen LogP contribution in [0.2, 0.25) is 5.02 Å². The molecule has 0 spiro atoms. The number of carbonyl (C=O) groups is 2. The summed E-state index contributed by atoms with van der Waals surface area (Å²) in [5, 5.41) is 6.87. The van der Waals surface area contributed by atoms with E-state index in [1.807, 2.05) is 24.3 Å². The molecule has 0 bridgehead atoms. The topological polar surface area (TPSA) is 70.7 Å². The Morgan fingerprint density at radius 2 is 1.65 bits per heavy atom. The monoisotopic (exact) mass is 483 g/mol. The molecule has 2 N–H and O–H groups in total. The second-order valence-electron chi connectivity index (χ2n) is 9.30. The van der Waals surface area contributed by atoms with Crippen molar-refractivity contribution in [3.8, 4) is 5.75 Å². The standard InChI is InChI=1S/C27H34ClN3O3/c28-21-10-12-23(13-11-21)34-19-26(32)30-22-14-16-31(17-15-22)25-9-5-4-8-24(25)27(33)29-18-20-6-2-1-3-7-20/h4-5,8-13,20,22H,1-3,6-7,14-19H2,(H,29,33)(H,30,32). The zero-order valence-corrected chi connectivity index (χ0v) is 20.4. The third-order valence-electron chi connectivity index (χ3n) is 6.81. The average Bonchev–Trinajstić information content (AvgIpc) is 2.88. The minimum absolute atomic E-state index is 0.0101. The lowest BCUT2D eigenvalue weighted by atomic mass is 9.89. The van der Waals surface area contributed by atoms with Crippen LogP contribution in [0, 0.1) is 5.92 Å². The molecule has 1 heterocycles. The molecule has 4 rings (SSSR count). The molecule has 1 saturated heterocycles. The number of carbonyl (C=O) groups excluding carboxylic acids is 2. The average molecular weight is 484 g/mol. The van der Waals surface area contributed by atoms with Gasteiger partial charge in [0.25, 0.3) is 11.8 Å². The maximum Gasteiger partial charge on any atom is 0.258 e. The smallest absolute Gasteiger partial charge is 0.258 e. The molecule has 1 aliphatic carbocycles. The predicted octanol–water partition coefficient (Wildman–Crippen LogP) is 4.81. The van der Waals surface area contributed by atoms with Crippen molar-refractivity contribution in [1.29, 1.82) is 0 Å². The van der Waals surface area contributed by atoms with Crippen LogP contribution in [0.5, 0.6) is 5.75 Å². The van der Waals surface area contributed by atoms with Gasteiger partial charge in [-0.2, -0.15) is 0 Å². The van der Waals surface area contributed by atoms with E-state index in [4.69, 9.17) is 16.3 Å². The van der Waals surface area contributed by atoms with E-state index in [0.717, 1.165) is 43.7 Å². The minimum atomic E-state index is -0.129. The summed E-state index contributed by atoms with van der Waals surface area (Å²) in [6.07, 6.45) is 7.94. The summed E-state index contributed by atoms with van der Waals surface area (Å²) in [4.78, 5) is 27.5. The lowest BCUT2D eigenvalue weighted by Crippen LogP contribution is -2.46. The van der Waals surface area contributed by atoms with Crippen LogP contribution < -0.4 is 20.3 Å². The maximum atomic E-state index is 13.0. The van der Waals surface area contributed by atoms with Gasteiger partial charge in [0.2, 0.25) is 0 Å². The van der Waals surface area contributed by atoms with Gasteiger partial charge in [0, 0.05) is 36.4 Å². The second-order valence-corrected chi connectivity index (χ2v) is 9.74. The van der Waals surface area contributed by atoms with Crippen LogP contribution in [0.3, 0.4) is 0 Å². The summed E-state index contributed by atoms with van der Waals surface area (Å²) in [5.41, 5.74) is 1.71. The Morgan fingerprint density at radius 1 is 0.941 bits per heavy atom. The Morgan fingerprint density at radius 3 is 2.38 bits per heavy atom. The third-order valence-corrected chi connectivity index (χ3v) is 7.06. The van der Waals surface area contributed by atoms with E-state index in [9.17, 15) is 9.59 Å². The molecular formula is C27H34ClN3O3. The van der Waals surface area contributed by atoms with E-state index in [1.54, 1.807) is 24.3 Å². The fraction of sp³-hybridized carbons (Fsp3) is 0.481. The number of halogens is 1. The summed E-state index contributed by atoms with van der Waals surface area (Å²) < 4.78 is 5.54. The molecule has 0 atom stereocenters. The number of nitrogens with zero attached hydrogens (tertiary/aromatic N) is 1. The van der Waals surface area contributed by atoms with Crippen molar-refractivity contribution in [2.45, 2.75) is 51.0 Å². The maximum absolute atomic E-state index is 13.0. The molecule has 2 fully saturated rings. The van der Waals surface area contributed by atoms with Crippen LogP contribution in [-0.2, 0) is 4.79 Å². The Bertz CT molecular complexity index is 952. The van der Waals surface area contributed by atoms with Crippen LogP contribution in [0.1, 0.15) is 55.3 Å². The number of nitrogens with one attached hydrogen (secondary N) is 2. The van der Waals surface area contributed by atoms with E-state index in [2.05, 4.69) is 15.5 Å². The van der Waals surface area contributed by atoms with Gasteiger partial charge in [0.15, 0.2) is 6.61 Å². The Hall–Kier alpha value is -2.73. The van der Waals surface area contributed by atoms with Gasteiger partial charge >= 0.3 is 0 Å². The number of benzene rings is 2. The first-order valence-electron chi connectivity index (χ1n) is 12.4. The highest BCUT2D eigenvalue weighted by molar-refractivity contribution is 6.30. The molecule has 1 aliphatic heterocycles. The molecule has 1 saturated carbocycles. The van der Waals surface area contributed by atoms with E-state index < -0.39 is 0 Å². The first-order chi connectivity index (χ1) is 16.6. The largest absolute Gasteiger partial charge is 0.484 e. The van der Waals surface area contributed by atoms with Crippen molar-refractivity contribution in [1.82, 2.24) is 10.6 Å². The van der Waals surface area contributed by atoms with E-state index in [-0.39, 0.29) is 24.5 Å². The van der Waals surface area contributed by atoms with Crippen LogP contribution in [0.15, 0.2) is 48.5 Å². The zero-order valence-electron chi connectivity index (χ0n) is 19.6. The van der Waals surface area contributed by atoms with Crippen molar-refractivity contribution in [3.63, 3.8) is 0 Å². The van der Waals surface area contributed by atoms with Gasteiger partial charge in [-0.1, -0.05) is 43.0 Å². The van der Waals surface area contributed by atoms with Gasteiger partial charge in [-0.05, 0) is 68.0 Å². The Balaban J connectivity index is 1.24. The number of para-hydroxylation sites is 1. The SMILES string of the molecule is O=C(COc1ccc(Cl)cc1)NC1CCN(c2ccccc2C(=O)NCC2CCCCC2)CC1. The van der Waals surface area contributed by atoms with Crippen LogP contribution in [-0.4, -0.2) is 44.1 Å². The molecule has 2 amide bonds. The van der Waals surface area contributed by atoms with Crippen LogP contribution >= 0.6 is 11.6 Å². The van der Waals surface area contributed by atoms with E-state index in [1.165, 1.54) is 32.1 Å². The van der Waals surface area contributed by atoms with Crippen molar-refractivity contribution >= 4 is 29.1 Å². The highest BCUT2D eigenvalue weighted by Crippen LogP contribution is 2.26. The first kappa shape index (κ1) is 24.4. The minimum Gasteiger partial charge on any atom is -0.484 e. The van der Waals surface area contributed by atoms with Crippen LogP contribution in [0.25, 0.3) is 0 Å². The van der Waals surface area contributed by atoms with E-state index >= 15 is 0 Å². The van der Waals surface area contributed by atoms with E-state index in [0.29, 0.717) is 16.7 Å². The molecular weight excluding hydrogens is 450 g/mol. The van der Waals surface area contributed by atoms with Crippen molar-refractivity contribution in [2.75, 3.05) is 31.1 Å². The number of rotatable bonds is 8. The molecule has 182 valence electrons. The third kappa shape index (κ3) is 6.89. The van der Waals surface area contributed by atoms with Gasteiger partial charge in [-0.3, -0.25) is 9.59 Å². The van der Waals surface area contributed by atoms with Crippen molar-refractivity contribution in [3.05, 3.63) is 59.1 Å². The summed E-state index contributed by atoms with van der Waals surface area (Å²) in [5.74, 6) is 1.10. The number of piperidine rings is 1. The first-order valence-corrected chi connectivity index (χ1v) is 12.8. The van der Waals surface area contributed by atoms with Crippen molar-refractivity contribution < 1.29 is 14.3 Å². The molecule has 2 aromatic carbocycles. The second kappa shape index (κ2) is 12.1. The molecule has 7 heteroatoms. The highest BCUT2D eigenvalue weighted by Gasteiger charge is 2.24. The van der Waals surface area contributed by atoms with Gasteiger partial charge in [0.05, 0.1) is 5.56 Å². The quantitative estimate of drug-likeness (QED) is 0.565. The van der Waals surface area contributed by atoms with Crippen LogP contribution in [0.4, 0.5) is 5.69 Å². The highest BCUT2D eigenvalue weighted by atomic mass is 35.5. The van der Waals surface area contributed by atoms with Gasteiger partial charge in [0.1, 0.15) is 5.75 Å². The van der Waals surface area contributed by atoms with Gasteiger partial charge in [-0.25, -0.2) is 0 Å². The molecule has 2 aromatic rings. The molecule has 2 aliphatic rings. The fourth-order valence-corrected chi connectivity index (χ4v) is 5.00. The summed E-state index contributed by atoms with van der Waals surface area (Å²) in [6, 6.07) is 14.9. The Labute approximate surface area is 207 Å². The zero-order chi connectivity index (χ0) is 23.8.